The van der Waals surface area contributed by atoms with E-state index in [-0.39, 0.29) is 10.6 Å². The predicted molar refractivity (Wildman–Crippen MR) is 78.2 cm³/mol. The highest BCUT2D eigenvalue weighted by atomic mass is 79.9. The second-order valence-corrected chi connectivity index (χ2v) is 5.94. The molecule has 0 bridgehead atoms. The number of hydrogen-bond acceptors (Lipinski definition) is 4. The molecule has 0 aromatic heterocycles. The fourth-order valence-electron chi connectivity index (χ4n) is 2.45. The Morgan fingerprint density at radius 1 is 1.53 bits per heavy atom. The van der Waals surface area contributed by atoms with Crippen molar-refractivity contribution >= 4 is 21.6 Å². The Balaban J connectivity index is 2.08. The molecule has 1 aliphatic rings. The number of nitrogens with zero attached hydrogens (tertiary/aromatic N) is 3. The monoisotopic (exact) mass is 327 g/mol. The van der Waals surface area contributed by atoms with Crippen LogP contribution < -0.4 is 0 Å². The lowest BCUT2D eigenvalue weighted by molar-refractivity contribution is -0.385. The average Bonchev–Trinajstić information content (AvgIpc) is 2.80. The van der Waals surface area contributed by atoms with E-state index in [9.17, 15) is 10.1 Å². The van der Waals surface area contributed by atoms with E-state index in [0.717, 1.165) is 31.6 Å². The number of likely N-dealkylation sites (tertiary alicyclic amines) is 1. The number of nitro groups is 1. The van der Waals surface area contributed by atoms with Gasteiger partial charge in [0.2, 0.25) is 0 Å². The van der Waals surface area contributed by atoms with Gasteiger partial charge in [-0.2, -0.15) is 0 Å². The third-order valence-corrected chi connectivity index (χ3v) is 4.54. The van der Waals surface area contributed by atoms with Crippen molar-refractivity contribution in [1.29, 1.82) is 0 Å². The fraction of sp³-hybridized carbons (Fsp3) is 0.538. The van der Waals surface area contributed by atoms with E-state index >= 15 is 0 Å². The van der Waals surface area contributed by atoms with E-state index in [1.54, 1.807) is 6.07 Å². The zero-order valence-corrected chi connectivity index (χ0v) is 12.8. The van der Waals surface area contributed by atoms with E-state index in [4.69, 9.17) is 0 Å². The van der Waals surface area contributed by atoms with Gasteiger partial charge in [0.05, 0.1) is 9.40 Å². The lowest BCUT2D eigenvalue weighted by atomic mass is 10.2. The zero-order valence-electron chi connectivity index (χ0n) is 11.2. The Morgan fingerprint density at radius 3 is 2.84 bits per heavy atom. The topological polar surface area (TPSA) is 49.6 Å². The van der Waals surface area contributed by atoms with Crippen molar-refractivity contribution in [3.8, 4) is 0 Å². The molecule has 1 atom stereocenters. The Morgan fingerprint density at radius 2 is 2.26 bits per heavy atom. The Hall–Kier alpha value is -0.980. The summed E-state index contributed by atoms with van der Waals surface area (Å²) in [6.45, 7) is 2.81. The second-order valence-electron chi connectivity index (χ2n) is 5.15. The molecular formula is C13H18BrN3O2. The van der Waals surface area contributed by atoms with Gasteiger partial charge in [0, 0.05) is 31.7 Å². The predicted octanol–water partition coefficient (Wildman–Crippen LogP) is 2.49. The molecule has 1 fully saturated rings. The summed E-state index contributed by atoms with van der Waals surface area (Å²) >= 11 is 3.35. The number of benzene rings is 1. The first-order valence-electron chi connectivity index (χ1n) is 6.29. The van der Waals surface area contributed by atoms with Gasteiger partial charge in [-0.1, -0.05) is 12.1 Å². The summed E-state index contributed by atoms with van der Waals surface area (Å²) in [4.78, 5) is 15.1. The van der Waals surface area contributed by atoms with Crippen molar-refractivity contribution in [1.82, 2.24) is 9.80 Å². The van der Waals surface area contributed by atoms with Gasteiger partial charge in [0.15, 0.2) is 0 Å². The van der Waals surface area contributed by atoms with Crippen molar-refractivity contribution in [2.45, 2.75) is 19.0 Å². The number of nitro benzene ring substituents is 1. The van der Waals surface area contributed by atoms with Gasteiger partial charge in [-0.25, -0.2) is 0 Å². The number of hydrogen-bond donors (Lipinski definition) is 0. The summed E-state index contributed by atoms with van der Waals surface area (Å²) < 4.78 is 0.605. The Labute approximate surface area is 121 Å². The summed E-state index contributed by atoms with van der Waals surface area (Å²) in [5.74, 6) is 0. The molecule has 1 aromatic rings. The fourth-order valence-corrected chi connectivity index (χ4v) is 2.98. The minimum Gasteiger partial charge on any atom is -0.305 e. The molecule has 0 aliphatic carbocycles. The van der Waals surface area contributed by atoms with Crippen LogP contribution in [-0.2, 0) is 6.54 Å². The lowest BCUT2D eigenvalue weighted by Crippen LogP contribution is -2.31. The van der Waals surface area contributed by atoms with Gasteiger partial charge >= 0.3 is 0 Å². The SMILES string of the molecule is CN(C)C1CCN(Cc2cccc([N+](=O)[O-])c2Br)C1. The van der Waals surface area contributed by atoms with Crippen LogP contribution in [-0.4, -0.2) is 47.9 Å². The first-order chi connectivity index (χ1) is 8.99. The molecular weight excluding hydrogens is 310 g/mol. The van der Waals surface area contributed by atoms with Gasteiger partial charge in [0.1, 0.15) is 0 Å². The molecule has 19 heavy (non-hydrogen) atoms. The summed E-state index contributed by atoms with van der Waals surface area (Å²) in [6.07, 6.45) is 1.15. The van der Waals surface area contributed by atoms with E-state index in [1.165, 1.54) is 6.07 Å². The standard InChI is InChI=1S/C13H18BrN3O2/c1-15(2)11-6-7-16(9-11)8-10-4-3-5-12(13(10)14)17(18)19/h3-5,11H,6-9H2,1-2H3. The van der Waals surface area contributed by atoms with Crippen LogP contribution in [0.5, 0.6) is 0 Å². The molecule has 0 N–H and O–H groups in total. The molecule has 1 aliphatic heterocycles. The normalized spacial score (nSPS) is 20.1. The Bertz CT molecular complexity index is 479. The molecule has 1 heterocycles. The van der Waals surface area contributed by atoms with Gasteiger partial charge in [-0.3, -0.25) is 15.0 Å². The molecule has 0 amide bonds. The molecule has 1 saturated heterocycles. The maximum atomic E-state index is 10.9. The molecule has 0 saturated carbocycles. The van der Waals surface area contributed by atoms with Crippen LogP contribution >= 0.6 is 15.9 Å². The van der Waals surface area contributed by atoms with Gasteiger partial charge in [-0.15, -0.1) is 0 Å². The largest absolute Gasteiger partial charge is 0.305 e. The van der Waals surface area contributed by atoms with Crippen LogP contribution in [0.25, 0.3) is 0 Å². The minimum absolute atomic E-state index is 0.140. The molecule has 6 heteroatoms. The van der Waals surface area contributed by atoms with Crippen LogP contribution in [0.15, 0.2) is 22.7 Å². The van der Waals surface area contributed by atoms with Crippen molar-refractivity contribution in [3.05, 3.63) is 38.3 Å². The molecule has 1 unspecified atom stereocenters. The quantitative estimate of drug-likeness (QED) is 0.629. The van der Waals surface area contributed by atoms with Gasteiger partial charge < -0.3 is 4.90 Å². The van der Waals surface area contributed by atoms with Crippen molar-refractivity contribution < 1.29 is 4.92 Å². The highest BCUT2D eigenvalue weighted by Gasteiger charge is 2.25. The van der Waals surface area contributed by atoms with E-state index in [0.29, 0.717) is 10.5 Å². The molecule has 1 aromatic carbocycles. The summed E-state index contributed by atoms with van der Waals surface area (Å²) in [5, 5.41) is 10.9. The first-order valence-corrected chi connectivity index (χ1v) is 7.09. The number of rotatable bonds is 4. The molecule has 0 radical (unpaired) electrons. The van der Waals surface area contributed by atoms with E-state index in [2.05, 4.69) is 39.8 Å². The van der Waals surface area contributed by atoms with E-state index in [1.807, 2.05) is 6.07 Å². The van der Waals surface area contributed by atoms with Crippen LogP contribution in [0.4, 0.5) is 5.69 Å². The third-order valence-electron chi connectivity index (χ3n) is 3.63. The minimum atomic E-state index is -0.347. The molecule has 5 nitrogen and oxygen atoms in total. The zero-order chi connectivity index (χ0) is 14.0. The maximum absolute atomic E-state index is 10.9. The van der Waals surface area contributed by atoms with Crippen molar-refractivity contribution in [2.75, 3.05) is 27.2 Å². The number of halogens is 1. The van der Waals surface area contributed by atoms with Gasteiger partial charge in [-0.05, 0) is 42.0 Å². The van der Waals surface area contributed by atoms with Crippen molar-refractivity contribution in [3.63, 3.8) is 0 Å². The summed E-state index contributed by atoms with van der Waals surface area (Å²) in [6, 6.07) is 5.80. The molecule has 0 spiro atoms. The first kappa shape index (κ1) is 14.4. The smallest absolute Gasteiger partial charge is 0.283 e. The van der Waals surface area contributed by atoms with Crippen LogP contribution in [0.2, 0.25) is 0 Å². The third kappa shape index (κ3) is 3.32. The summed E-state index contributed by atoms with van der Waals surface area (Å²) in [5.41, 5.74) is 1.12. The van der Waals surface area contributed by atoms with E-state index < -0.39 is 0 Å². The summed E-state index contributed by atoms with van der Waals surface area (Å²) in [7, 11) is 4.19. The molecule has 104 valence electrons. The highest BCUT2D eigenvalue weighted by Crippen LogP contribution is 2.30. The average molecular weight is 328 g/mol. The number of likely N-dealkylation sites (N-methyl/N-ethyl adjacent to an activating group) is 1. The van der Waals surface area contributed by atoms with Crippen LogP contribution in [0, 0.1) is 10.1 Å². The Kier molecular flexibility index (Phi) is 4.54. The van der Waals surface area contributed by atoms with Crippen LogP contribution in [0.3, 0.4) is 0 Å². The van der Waals surface area contributed by atoms with Crippen LogP contribution in [0.1, 0.15) is 12.0 Å². The van der Waals surface area contributed by atoms with Gasteiger partial charge in [0.25, 0.3) is 5.69 Å². The highest BCUT2D eigenvalue weighted by molar-refractivity contribution is 9.10. The van der Waals surface area contributed by atoms with Crippen molar-refractivity contribution in [2.24, 2.45) is 0 Å². The maximum Gasteiger partial charge on any atom is 0.283 e. The molecule has 2 rings (SSSR count). The second kappa shape index (κ2) is 5.98. The lowest BCUT2D eigenvalue weighted by Gasteiger charge is -2.20.